The number of aromatic nitrogens is 2. The number of nitrogens with one attached hydrogen (secondary N) is 1. The minimum atomic E-state index is -0.332. The van der Waals surface area contributed by atoms with E-state index in [9.17, 15) is 9.59 Å². The van der Waals surface area contributed by atoms with Crippen LogP contribution in [0.3, 0.4) is 0 Å². The zero-order valence-electron chi connectivity index (χ0n) is 8.97. The van der Waals surface area contributed by atoms with Crippen LogP contribution in [-0.2, 0) is 0 Å². The van der Waals surface area contributed by atoms with Crippen LogP contribution in [0.1, 0.15) is 23.3 Å². The molecule has 1 fully saturated rings. The predicted octanol–water partition coefficient (Wildman–Crippen LogP) is -0.378. The molecule has 1 aliphatic heterocycles. The van der Waals surface area contributed by atoms with E-state index < -0.39 is 0 Å². The van der Waals surface area contributed by atoms with E-state index in [1.807, 2.05) is 0 Å². The summed E-state index contributed by atoms with van der Waals surface area (Å²) in [7, 11) is 0. The minimum absolute atomic E-state index is 0.174. The van der Waals surface area contributed by atoms with Gasteiger partial charge in [0.15, 0.2) is 0 Å². The quantitative estimate of drug-likeness (QED) is 0.729. The molecule has 0 bridgehead atoms. The van der Waals surface area contributed by atoms with Crippen molar-refractivity contribution in [2.24, 2.45) is 0 Å². The van der Waals surface area contributed by atoms with E-state index in [4.69, 9.17) is 5.11 Å². The normalized spacial score (nSPS) is 24.9. The molecule has 2 atom stereocenters. The third-order valence-electron chi connectivity index (χ3n) is 2.74. The molecule has 1 saturated heterocycles. The maximum absolute atomic E-state index is 11.6. The summed E-state index contributed by atoms with van der Waals surface area (Å²) in [5.41, 5.74) is -0.0885. The molecule has 2 rings (SSSR count). The zero-order valence-corrected chi connectivity index (χ0v) is 10.7. The standard InChI is InChI=1S/C10H14N2O3Se/c1-6-4-12(10(15)11-9(6)14)8-3-2-7(5-13)16-8/h4,7-8,13H,2-3,5H2,1H3,(H,11,14,15)/t7-,8-/m1/s1. The van der Waals surface area contributed by atoms with Gasteiger partial charge in [-0.2, -0.15) is 0 Å². The predicted molar refractivity (Wildman–Crippen MR) is 60.9 cm³/mol. The van der Waals surface area contributed by atoms with E-state index in [-0.39, 0.29) is 37.8 Å². The van der Waals surface area contributed by atoms with E-state index >= 15 is 0 Å². The van der Waals surface area contributed by atoms with Crippen molar-refractivity contribution in [1.82, 2.24) is 9.55 Å². The van der Waals surface area contributed by atoms with E-state index in [2.05, 4.69) is 4.98 Å². The number of aliphatic hydroxyl groups excluding tert-OH is 1. The summed E-state index contributed by atoms with van der Waals surface area (Å²) in [4.78, 5) is 25.7. The molecule has 0 radical (unpaired) electrons. The summed E-state index contributed by atoms with van der Waals surface area (Å²) in [6.07, 6.45) is 3.51. The van der Waals surface area contributed by atoms with E-state index in [1.165, 1.54) is 0 Å². The van der Waals surface area contributed by atoms with Crippen molar-refractivity contribution in [2.75, 3.05) is 6.61 Å². The van der Waals surface area contributed by atoms with Crippen LogP contribution in [0.15, 0.2) is 15.8 Å². The maximum atomic E-state index is 11.6. The van der Waals surface area contributed by atoms with Crippen molar-refractivity contribution in [3.8, 4) is 0 Å². The molecule has 0 saturated carbocycles. The van der Waals surface area contributed by atoms with Gasteiger partial charge in [0.05, 0.1) is 0 Å². The van der Waals surface area contributed by atoms with Crippen LogP contribution in [0.4, 0.5) is 0 Å². The summed E-state index contributed by atoms with van der Waals surface area (Å²) in [6.45, 7) is 1.90. The Bertz CT molecular complexity index is 494. The molecule has 1 aliphatic rings. The second-order valence-electron chi connectivity index (χ2n) is 3.95. The van der Waals surface area contributed by atoms with Gasteiger partial charge in [-0.1, -0.05) is 0 Å². The first-order valence-corrected chi connectivity index (χ1v) is 7.18. The molecular weight excluding hydrogens is 275 g/mol. The third-order valence-corrected chi connectivity index (χ3v) is 5.99. The average Bonchev–Trinajstić information content (AvgIpc) is 2.71. The Labute approximate surface area is 98.7 Å². The van der Waals surface area contributed by atoms with Crippen molar-refractivity contribution in [2.45, 2.75) is 29.5 Å². The molecule has 6 heteroatoms. The van der Waals surface area contributed by atoms with Gasteiger partial charge in [-0.05, 0) is 0 Å². The summed E-state index contributed by atoms with van der Waals surface area (Å²) >= 11 is 0.225. The monoisotopic (exact) mass is 290 g/mol. The molecule has 0 spiro atoms. The van der Waals surface area contributed by atoms with E-state index in [0.29, 0.717) is 10.4 Å². The number of nitrogens with zero attached hydrogens (tertiary/aromatic N) is 1. The van der Waals surface area contributed by atoms with Gasteiger partial charge < -0.3 is 0 Å². The molecule has 1 aromatic rings. The van der Waals surface area contributed by atoms with Gasteiger partial charge >= 0.3 is 98.3 Å². The summed E-state index contributed by atoms with van der Waals surface area (Å²) in [5.74, 6) is 0. The first kappa shape index (κ1) is 11.6. The number of aryl methyl sites for hydroxylation is 1. The molecule has 2 N–H and O–H groups in total. The summed E-state index contributed by atoms with van der Waals surface area (Å²) in [5, 5.41) is 9.07. The molecule has 5 nitrogen and oxygen atoms in total. The molecule has 88 valence electrons. The van der Waals surface area contributed by atoms with Crippen LogP contribution in [0.2, 0.25) is 4.82 Å². The molecule has 2 heterocycles. The van der Waals surface area contributed by atoms with E-state index in [1.54, 1.807) is 17.7 Å². The van der Waals surface area contributed by atoms with Crippen LogP contribution in [-0.4, -0.2) is 36.2 Å². The molecular formula is C10H14N2O3Se. The molecule has 16 heavy (non-hydrogen) atoms. The Morgan fingerprint density at radius 3 is 2.94 bits per heavy atom. The topological polar surface area (TPSA) is 75.1 Å². The Morgan fingerprint density at radius 2 is 2.31 bits per heavy atom. The summed E-state index contributed by atoms with van der Waals surface area (Å²) in [6, 6.07) is 0. The van der Waals surface area contributed by atoms with Gasteiger partial charge in [0.2, 0.25) is 0 Å². The summed E-state index contributed by atoms with van der Waals surface area (Å²) < 4.78 is 1.62. The van der Waals surface area contributed by atoms with Gasteiger partial charge in [-0.3, -0.25) is 0 Å². The number of rotatable bonds is 2. The average molecular weight is 289 g/mol. The number of aromatic amines is 1. The van der Waals surface area contributed by atoms with Crippen LogP contribution >= 0.6 is 0 Å². The van der Waals surface area contributed by atoms with Crippen LogP contribution in [0.5, 0.6) is 0 Å². The van der Waals surface area contributed by atoms with Crippen molar-refractivity contribution in [1.29, 1.82) is 0 Å². The molecule has 0 amide bonds. The molecule has 1 aromatic heterocycles. The van der Waals surface area contributed by atoms with Crippen molar-refractivity contribution < 1.29 is 5.11 Å². The fraction of sp³-hybridized carbons (Fsp3) is 0.600. The second kappa shape index (κ2) is 4.57. The van der Waals surface area contributed by atoms with Gasteiger partial charge in [0, 0.05) is 0 Å². The molecule has 0 aromatic carbocycles. The zero-order chi connectivity index (χ0) is 11.7. The van der Waals surface area contributed by atoms with Crippen LogP contribution < -0.4 is 11.2 Å². The SMILES string of the molecule is Cc1cn([C@H]2CC[C@H](CO)[Se]2)c(=O)[nH]c1=O. The Morgan fingerprint density at radius 1 is 1.56 bits per heavy atom. The van der Waals surface area contributed by atoms with Gasteiger partial charge in [0.1, 0.15) is 0 Å². The number of hydrogen-bond donors (Lipinski definition) is 2. The third kappa shape index (κ3) is 2.14. The Hall–Kier alpha value is -0.841. The fourth-order valence-electron chi connectivity index (χ4n) is 1.83. The van der Waals surface area contributed by atoms with Crippen molar-refractivity contribution in [3.05, 3.63) is 32.6 Å². The van der Waals surface area contributed by atoms with Gasteiger partial charge in [-0.25, -0.2) is 0 Å². The molecule has 0 aliphatic carbocycles. The van der Waals surface area contributed by atoms with Crippen molar-refractivity contribution >= 4 is 15.0 Å². The van der Waals surface area contributed by atoms with Crippen LogP contribution in [0, 0.1) is 6.92 Å². The van der Waals surface area contributed by atoms with Crippen molar-refractivity contribution in [3.63, 3.8) is 0 Å². The Balaban J connectivity index is 2.32. The first-order valence-electron chi connectivity index (χ1n) is 5.20. The number of H-pyrrole nitrogens is 1. The van der Waals surface area contributed by atoms with Gasteiger partial charge in [0.25, 0.3) is 0 Å². The first-order chi connectivity index (χ1) is 7.61. The Kier molecular flexibility index (Phi) is 3.33. The fourth-order valence-corrected chi connectivity index (χ4v) is 4.68. The van der Waals surface area contributed by atoms with E-state index in [0.717, 1.165) is 12.8 Å². The number of hydrogen-bond acceptors (Lipinski definition) is 3. The van der Waals surface area contributed by atoms with Gasteiger partial charge in [-0.15, -0.1) is 0 Å². The van der Waals surface area contributed by atoms with Crippen LogP contribution in [0.25, 0.3) is 0 Å². The molecule has 0 unspecified atom stereocenters. The number of aliphatic hydroxyl groups is 1. The second-order valence-corrected chi connectivity index (χ2v) is 7.06.